The molecule has 1 aromatic heterocycles. The van der Waals surface area contributed by atoms with E-state index in [0.717, 1.165) is 11.7 Å². The standard InChI is InChI=1S/C16H21N3/c1-12-15-8-4-5-9-16(15)19(17-12)14-10-18(11-14)13-6-2-3-7-13/h4-5,8-9,13-14H,2-3,6-7,10-11H2,1H3. The molecule has 0 N–H and O–H groups in total. The molecule has 0 radical (unpaired) electrons. The van der Waals surface area contributed by atoms with Gasteiger partial charge in [0.25, 0.3) is 0 Å². The fraction of sp³-hybridized carbons (Fsp3) is 0.562. The molecular formula is C16H21N3. The number of likely N-dealkylation sites (tertiary alicyclic amines) is 1. The van der Waals surface area contributed by atoms with Gasteiger partial charge in [0.2, 0.25) is 0 Å². The van der Waals surface area contributed by atoms with Gasteiger partial charge in [-0.25, -0.2) is 0 Å². The first-order chi connectivity index (χ1) is 9.33. The Kier molecular flexibility index (Phi) is 2.62. The van der Waals surface area contributed by atoms with Gasteiger partial charge < -0.3 is 0 Å². The average molecular weight is 255 g/mol. The van der Waals surface area contributed by atoms with Gasteiger partial charge >= 0.3 is 0 Å². The number of fused-ring (bicyclic) bond motifs is 1. The Bertz CT molecular complexity index is 589. The van der Waals surface area contributed by atoms with Gasteiger partial charge in [0.15, 0.2) is 0 Å². The van der Waals surface area contributed by atoms with Crippen molar-refractivity contribution in [1.29, 1.82) is 0 Å². The second kappa shape index (κ2) is 4.34. The van der Waals surface area contributed by atoms with Crippen LogP contribution in [0, 0.1) is 6.92 Å². The normalized spacial score (nSPS) is 22.2. The van der Waals surface area contributed by atoms with Crippen molar-refractivity contribution in [2.75, 3.05) is 13.1 Å². The van der Waals surface area contributed by atoms with Gasteiger partial charge in [-0.2, -0.15) is 5.10 Å². The Morgan fingerprint density at radius 2 is 1.79 bits per heavy atom. The maximum atomic E-state index is 4.76. The number of hydrogen-bond donors (Lipinski definition) is 0. The van der Waals surface area contributed by atoms with Crippen LogP contribution >= 0.6 is 0 Å². The molecule has 2 heterocycles. The van der Waals surface area contributed by atoms with Gasteiger partial charge in [0.05, 0.1) is 17.3 Å². The van der Waals surface area contributed by atoms with E-state index in [1.165, 1.54) is 49.7 Å². The maximum Gasteiger partial charge on any atom is 0.0780 e. The molecule has 100 valence electrons. The van der Waals surface area contributed by atoms with Crippen LogP contribution in [0.15, 0.2) is 24.3 Å². The third-order valence-electron chi connectivity index (χ3n) is 4.88. The molecular weight excluding hydrogens is 234 g/mol. The van der Waals surface area contributed by atoms with E-state index in [1.54, 1.807) is 0 Å². The number of aromatic nitrogens is 2. The molecule has 19 heavy (non-hydrogen) atoms. The summed E-state index contributed by atoms with van der Waals surface area (Å²) in [5.74, 6) is 0. The highest BCUT2D eigenvalue weighted by Gasteiger charge is 2.35. The number of hydrogen-bond acceptors (Lipinski definition) is 2. The quantitative estimate of drug-likeness (QED) is 0.822. The molecule has 0 atom stereocenters. The number of nitrogens with zero attached hydrogens (tertiary/aromatic N) is 3. The molecule has 1 saturated heterocycles. The molecule has 3 heteroatoms. The lowest BCUT2D eigenvalue weighted by atomic mass is 10.0. The first-order valence-corrected chi connectivity index (χ1v) is 7.51. The fourth-order valence-electron chi connectivity index (χ4n) is 3.74. The van der Waals surface area contributed by atoms with Crippen molar-refractivity contribution in [3.63, 3.8) is 0 Å². The van der Waals surface area contributed by atoms with Gasteiger partial charge in [0, 0.05) is 24.5 Å². The Hall–Kier alpha value is -1.35. The summed E-state index contributed by atoms with van der Waals surface area (Å²) in [6.45, 7) is 4.50. The molecule has 4 rings (SSSR count). The second-order valence-electron chi connectivity index (χ2n) is 6.09. The van der Waals surface area contributed by atoms with Crippen molar-refractivity contribution < 1.29 is 0 Å². The lowest BCUT2D eigenvalue weighted by Gasteiger charge is -2.43. The van der Waals surface area contributed by atoms with E-state index in [0.29, 0.717) is 6.04 Å². The third kappa shape index (κ3) is 1.79. The SMILES string of the molecule is Cc1nn(C2CN(C3CCCC3)C2)c2ccccc12. The predicted octanol–water partition coefficient (Wildman–Crippen LogP) is 3.14. The summed E-state index contributed by atoms with van der Waals surface area (Å²) in [5, 5.41) is 6.07. The number of benzene rings is 1. The Labute approximate surface area is 114 Å². The van der Waals surface area contributed by atoms with E-state index >= 15 is 0 Å². The highest BCUT2D eigenvalue weighted by atomic mass is 15.4. The van der Waals surface area contributed by atoms with E-state index in [4.69, 9.17) is 5.10 Å². The molecule has 1 aromatic carbocycles. The van der Waals surface area contributed by atoms with E-state index < -0.39 is 0 Å². The van der Waals surface area contributed by atoms with Gasteiger partial charge in [-0.1, -0.05) is 31.0 Å². The molecule has 2 aromatic rings. The van der Waals surface area contributed by atoms with Crippen molar-refractivity contribution >= 4 is 10.9 Å². The largest absolute Gasteiger partial charge is 0.296 e. The van der Waals surface area contributed by atoms with Crippen LogP contribution in [0.5, 0.6) is 0 Å². The molecule has 1 aliphatic heterocycles. The first-order valence-electron chi connectivity index (χ1n) is 7.51. The first kappa shape index (κ1) is 11.5. The van der Waals surface area contributed by atoms with Crippen LogP contribution in [-0.2, 0) is 0 Å². The van der Waals surface area contributed by atoms with Crippen molar-refractivity contribution in [2.45, 2.75) is 44.7 Å². The highest BCUT2D eigenvalue weighted by molar-refractivity contribution is 5.81. The van der Waals surface area contributed by atoms with Crippen LogP contribution < -0.4 is 0 Å². The van der Waals surface area contributed by atoms with Gasteiger partial charge in [0.1, 0.15) is 0 Å². The van der Waals surface area contributed by atoms with Crippen molar-refractivity contribution in [1.82, 2.24) is 14.7 Å². The summed E-state index contributed by atoms with van der Waals surface area (Å²) in [6.07, 6.45) is 5.67. The Morgan fingerprint density at radius 3 is 2.58 bits per heavy atom. The topological polar surface area (TPSA) is 21.1 Å². The van der Waals surface area contributed by atoms with Crippen LogP contribution in [0.4, 0.5) is 0 Å². The predicted molar refractivity (Wildman–Crippen MR) is 77.3 cm³/mol. The van der Waals surface area contributed by atoms with E-state index in [2.05, 4.69) is 40.8 Å². The van der Waals surface area contributed by atoms with Crippen LogP contribution in [0.2, 0.25) is 0 Å². The third-order valence-corrected chi connectivity index (χ3v) is 4.88. The molecule has 0 unspecified atom stereocenters. The van der Waals surface area contributed by atoms with E-state index in [1.807, 2.05) is 0 Å². The molecule has 1 saturated carbocycles. The van der Waals surface area contributed by atoms with Crippen LogP contribution in [0.3, 0.4) is 0 Å². The second-order valence-corrected chi connectivity index (χ2v) is 6.09. The Balaban J connectivity index is 1.56. The molecule has 0 amide bonds. The van der Waals surface area contributed by atoms with Gasteiger partial charge in [-0.15, -0.1) is 0 Å². The lowest BCUT2D eigenvalue weighted by Crippen LogP contribution is -2.52. The van der Waals surface area contributed by atoms with Crippen LogP contribution in [-0.4, -0.2) is 33.8 Å². The van der Waals surface area contributed by atoms with Crippen molar-refractivity contribution in [2.24, 2.45) is 0 Å². The molecule has 1 aliphatic carbocycles. The monoisotopic (exact) mass is 255 g/mol. The fourth-order valence-corrected chi connectivity index (χ4v) is 3.74. The van der Waals surface area contributed by atoms with E-state index in [9.17, 15) is 0 Å². The molecule has 3 nitrogen and oxygen atoms in total. The zero-order chi connectivity index (χ0) is 12.8. The van der Waals surface area contributed by atoms with Crippen molar-refractivity contribution in [3.05, 3.63) is 30.0 Å². The maximum absolute atomic E-state index is 4.76. The summed E-state index contributed by atoms with van der Waals surface area (Å²) in [4.78, 5) is 2.66. The average Bonchev–Trinajstić information content (AvgIpc) is 2.98. The summed E-state index contributed by atoms with van der Waals surface area (Å²) >= 11 is 0. The van der Waals surface area contributed by atoms with Crippen LogP contribution in [0.25, 0.3) is 10.9 Å². The number of para-hydroxylation sites is 1. The minimum atomic E-state index is 0.583. The van der Waals surface area contributed by atoms with E-state index in [-0.39, 0.29) is 0 Å². The minimum Gasteiger partial charge on any atom is -0.296 e. The smallest absolute Gasteiger partial charge is 0.0780 e. The summed E-state index contributed by atoms with van der Waals surface area (Å²) in [7, 11) is 0. The molecule has 2 fully saturated rings. The molecule has 0 spiro atoms. The summed E-state index contributed by atoms with van der Waals surface area (Å²) in [5.41, 5.74) is 2.46. The minimum absolute atomic E-state index is 0.583. The highest BCUT2D eigenvalue weighted by Crippen LogP contribution is 2.33. The lowest BCUT2D eigenvalue weighted by molar-refractivity contribution is 0.0574. The van der Waals surface area contributed by atoms with Crippen LogP contribution in [0.1, 0.15) is 37.4 Å². The number of rotatable bonds is 2. The zero-order valence-corrected chi connectivity index (χ0v) is 11.5. The van der Waals surface area contributed by atoms with Crippen molar-refractivity contribution in [3.8, 4) is 0 Å². The Morgan fingerprint density at radius 1 is 1.05 bits per heavy atom. The summed E-state index contributed by atoms with van der Waals surface area (Å²) < 4.78 is 2.26. The molecule has 2 aliphatic rings. The summed E-state index contributed by atoms with van der Waals surface area (Å²) in [6, 6.07) is 10.0. The molecule has 0 bridgehead atoms. The number of aryl methyl sites for hydroxylation is 1. The zero-order valence-electron chi connectivity index (χ0n) is 11.5. The van der Waals surface area contributed by atoms with Gasteiger partial charge in [-0.05, 0) is 25.8 Å². The van der Waals surface area contributed by atoms with Gasteiger partial charge in [-0.3, -0.25) is 9.58 Å².